The summed E-state index contributed by atoms with van der Waals surface area (Å²) >= 11 is 2.36. The van der Waals surface area contributed by atoms with Crippen LogP contribution in [0.5, 0.6) is 0 Å². The fourth-order valence-corrected chi connectivity index (χ4v) is 2.06. The van der Waals surface area contributed by atoms with E-state index in [1.807, 2.05) is 0 Å². The van der Waals surface area contributed by atoms with Crippen LogP contribution in [0.2, 0.25) is 0 Å². The second-order valence-electron chi connectivity index (χ2n) is 3.42. The third-order valence-corrected chi connectivity index (χ3v) is 3.82. The van der Waals surface area contributed by atoms with Crippen LogP contribution in [0.1, 0.15) is 26.2 Å². The lowest BCUT2D eigenvalue weighted by Crippen LogP contribution is -2.37. The van der Waals surface area contributed by atoms with Crippen molar-refractivity contribution in [3.8, 4) is 0 Å². The molecule has 0 spiro atoms. The number of nitrogens with zero attached hydrogens (tertiary/aromatic N) is 1. The van der Waals surface area contributed by atoms with Crippen molar-refractivity contribution in [2.24, 2.45) is 5.41 Å². The van der Waals surface area contributed by atoms with Gasteiger partial charge in [-0.25, -0.2) is 3.11 Å². The van der Waals surface area contributed by atoms with Crippen LogP contribution < -0.4 is 0 Å². The Morgan fingerprint density at radius 3 is 2.36 bits per heavy atom. The first-order valence-corrected chi connectivity index (χ1v) is 5.20. The summed E-state index contributed by atoms with van der Waals surface area (Å²) < 4.78 is 2.31. The van der Waals surface area contributed by atoms with E-state index in [0.717, 1.165) is 32.4 Å². The minimum Gasteiger partial charge on any atom is -0.396 e. The van der Waals surface area contributed by atoms with Crippen molar-refractivity contribution in [3.05, 3.63) is 0 Å². The third kappa shape index (κ3) is 2.29. The lowest BCUT2D eigenvalue weighted by molar-refractivity contribution is 0.0711. The molecule has 0 aromatic carbocycles. The molecule has 3 heteroatoms. The van der Waals surface area contributed by atoms with E-state index in [4.69, 9.17) is 0 Å². The quantitative estimate of drug-likeness (QED) is 0.610. The van der Waals surface area contributed by atoms with Gasteiger partial charge >= 0.3 is 0 Å². The highest BCUT2D eigenvalue weighted by Gasteiger charge is 2.31. The molecule has 1 heterocycles. The molecule has 1 N–H and O–H groups in total. The minimum atomic E-state index is 0.252. The molecule has 0 bridgehead atoms. The Morgan fingerprint density at radius 2 is 2.00 bits per heavy atom. The van der Waals surface area contributed by atoms with E-state index in [2.05, 4.69) is 32.9 Å². The molecular weight excluding hydrogens is 253 g/mol. The minimum absolute atomic E-state index is 0.252. The highest BCUT2D eigenvalue weighted by Crippen LogP contribution is 2.34. The van der Waals surface area contributed by atoms with E-state index in [0.29, 0.717) is 6.61 Å². The Morgan fingerprint density at radius 1 is 1.45 bits per heavy atom. The molecular formula is C8H16INO. The van der Waals surface area contributed by atoms with Gasteiger partial charge in [0.15, 0.2) is 0 Å². The maximum atomic E-state index is 9.21. The summed E-state index contributed by atoms with van der Waals surface area (Å²) in [5.41, 5.74) is 0.252. The number of halogens is 1. The normalized spacial score (nSPS) is 25.4. The van der Waals surface area contributed by atoms with Gasteiger partial charge in [-0.15, -0.1) is 0 Å². The molecule has 0 atom stereocenters. The van der Waals surface area contributed by atoms with Gasteiger partial charge in [0.25, 0.3) is 0 Å². The predicted octanol–water partition coefficient (Wildman–Crippen LogP) is 1.82. The zero-order valence-corrected chi connectivity index (χ0v) is 9.17. The van der Waals surface area contributed by atoms with E-state index in [-0.39, 0.29) is 5.41 Å². The van der Waals surface area contributed by atoms with Crippen molar-refractivity contribution in [2.75, 3.05) is 19.7 Å². The summed E-state index contributed by atoms with van der Waals surface area (Å²) in [7, 11) is 0. The molecule has 0 aliphatic carbocycles. The van der Waals surface area contributed by atoms with Gasteiger partial charge in [0, 0.05) is 42.6 Å². The molecule has 0 aromatic heterocycles. The molecule has 0 saturated carbocycles. The predicted molar refractivity (Wildman–Crippen MR) is 54.6 cm³/mol. The third-order valence-electron chi connectivity index (χ3n) is 2.85. The average molecular weight is 269 g/mol. The summed E-state index contributed by atoms with van der Waals surface area (Å²) in [4.78, 5) is 0. The van der Waals surface area contributed by atoms with Gasteiger partial charge in [-0.3, -0.25) is 0 Å². The fourth-order valence-electron chi connectivity index (χ4n) is 1.58. The smallest absolute Gasteiger partial charge is 0.0488 e. The fraction of sp³-hybridized carbons (Fsp3) is 1.00. The maximum absolute atomic E-state index is 9.21. The first kappa shape index (κ1) is 9.74. The first-order chi connectivity index (χ1) is 5.22. The molecule has 11 heavy (non-hydrogen) atoms. The molecule has 0 unspecified atom stereocenters. The summed E-state index contributed by atoms with van der Waals surface area (Å²) in [6, 6.07) is 0. The van der Waals surface area contributed by atoms with E-state index >= 15 is 0 Å². The van der Waals surface area contributed by atoms with Gasteiger partial charge < -0.3 is 5.11 Å². The standard InChI is InChI=1S/C8H16INO/c1-2-8(7-11)3-5-10(9)6-4-8/h11H,2-7H2,1H3. The van der Waals surface area contributed by atoms with Crippen molar-refractivity contribution >= 4 is 22.9 Å². The van der Waals surface area contributed by atoms with E-state index in [9.17, 15) is 5.11 Å². The second kappa shape index (κ2) is 4.05. The van der Waals surface area contributed by atoms with Crippen molar-refractivity contribution in [1.29, 1.82) is 0 Å². The summed E-state index contributed by atoms with van der Waals surface area (Å²) in [6.07, 6.45) is 3.43. The largest absolute Gasteiger partial charge is 0.396 e. The first-order valence-electron chi connectivity index (χ1n) is 4.24. The van der Waals surface area contributed by atoms with Crippen LogP contribution in [0.15, 0.2) is 0 Å². The molecule has 66 valence electrons. The van der Waals surface area contributed by atoms with Crippen molar-refractivity contribution in [1.82, 2.24) is 3.11 Å². The topological polar surface area (TPSA) is 23.5 Å². The van der Waals surface area contributed by atoms with Crippen molar-refractivity contribution in [3.63, 3.8) is 0 Å². The molecule has 1 aliphatic rings. The zero-order valence-electron chi connectivity index (χ0n) is 7.02. The molecule has 0 radical (unpaired) electrons. The summed E-state index contributed by atoms with van der Waals surface area (Å²) in [5, 5.41) is 9.21. The van der Waals surface area contributed by atoms with Crippen molar-refractivity contribution in [2.45, 2.75) is 26.2 Å². The van der Waals surface area contributed by atoms with E-state index in [1.165, 1.54) is 0 Å². The van der Waals surface area contributed by atoms with Crippen LogP contribution in [-0.4, -0.2) is 27.9 Å². The molecule has 1 rings (SSSR count). The van der Waals surface area contributed by atoms with Crippen LogP contribution in [0.4, 0.5) is 0 Å². The summed E-state index contributed by atoms with van der Waals surface area (Å²) in [5.74, 6) is 0. The molecule has 1 fully saturated rings. The second-order valence-corrected chi connectivity index (χ2v) is 4.79. The zero-order chi connectivity index (χ0) is 8.32. The Balaban J connectivity index is 2.45. The number of aliphatic hydroxyl groups excluding tert-OH is 1. The van der Waals surface area contributed by atoms with E-state index < -0.39 is 0 Å². The lowest BCUT2D eigenvalue weighted by atomic mass is 9.77. The number of piperidine rings is 1. The van der Waals surface area contributed by atoms with Crippen LogP contribution in [0.25, 0.3) is 0 Å². The van der Waals surface area contributed by atoms with Gasteiger partial charge in [0.1, 0.15) is 0 Å². The van der Waals surface area contributed by atoms with Crippen LogP contribution in [0, 0.1) is 5.41 Å². The molecule has 0 aromatic rings. The van der Waals surface area contributed by atoms with E-state index in [1.54, 1.807) is 0 Å². The number of hydrogen-bond acceptors (Lipinski definition) is 2. The molecule has 1 aliphatic heterocycles. The summed E-state index contributed by atoms with van der Waals surface area (Å²) in [6.45, 7) is 4.82. The highest BCUT2D eigenvalue weighted by molar-refractivity contribution is 14.1. The van der Waals surface area contributed by atoms with Crippen LogP contribution in [0.3, 0.4) is 0 Å². The van der Waals surface area contributed by atoms with Crippen LogP contribution >= 0.6 is 22.9 Å². The highest BCUT2D eigenvalue weighted by atomic mass is 127. The van der Waals surface area contributed by atoms with Gasteiger partial charge in [0.2, 0.25) is 0 Å². The SMILES string of the molecule is CCC1(CO)CCN(I)CC1. The van der Waals surface area contributed by atoms with Gasteiger partial charge in [-0.05, 0) is 24.7 Å². The lowest BCUT2D eigenvalue weighted by Gasteiger charge is -2.37. The molecule has 2 nitrogen and oxygen atoms in total. The van der Waals surface area contributed by atoms with Crippen LogP contribution in [-0.2, 0) is 0 Å². The molecule has 1 saturated heterocycles. The van der Waals surface area contributed by atoms with Gasteiger partial charge in [0.05, 0.1) is 0 Å². The monoisotopic (exact) mass is 269 g/mol. The Labute approximate surface area is 82.5 Å². The number of aliphatic hydroxyl groups is 1. The maximum Gasteiger partial charge on any atom is 0.0488 e. The van der Waals surface area contributed by atoms with Gasteiger partial charge in [-0.2, -0.15) is 0 Å². The van der Waals surface area contributed by atoms with Gasteiger partial charge in [-0.1, -0.05) is 6.92 Å². The Bertz CT molecular complexity index is 115. The Hall–Kier alpha value is 0.650. The Kier molecular flexibility index (Phi) is 3.58. The average Bonchev–Trinajstić information content (AvgIpc) is 2.07. The number of rotatable bonds is 2. The molecule has 0 amide bonds. The van der Waals surface area contributed by atoms with Crippen molar-refractivity contribution < 1.29 is 5.11 Å². The number of hydrogen-bond donors (Lipinski definition) is 1.